The number of carbonyl (C=O) groups is 3. The number of ether oxygens (including phenoxy) is 1. The van der Waals surface area contributed by atoms with Crippen molar-refractivity contribution >= 4 is 23.5 Å². The predicted molar refractivity (Wildman–Crippen MR) is 158 cm³/mol. The number of rotatable bonds is 12. The Bertz CT molecular complexity index is 1600. The van der Waals surface area contributed by atoms with Gasteiger partial charge in [-0.05, 0) is 78.1 Å². The molecule has 4 aromatic carbocycles. The number of nitrogens with zero attached hydrogens (tertiary/aromatic N) is 1. The van der Waals surface area contributed by atoms with E-state index in [4.69, 9.17) is 4.74 Å². The van der Waals surface area contributed by atoms with Crippen molar-refractivity contribution in [3.05, 3.63) is 131 Å². The van der Waals surface area contributed by atoms with Crippen molar-refractivity contribution in [3.63, 3.8) is 0 Å². The average Bonchev–Trinajstić information content (AvgIpc) is 3.03. The first kappa shape index (κ1) is 30.4. The maximum absolute atomic E-state index is 13.6. The van der Waals surface area contributed by atoms with Crippen LogP contribution in [0, 0.1) is 17.6 Å². The van der Waals surface area contributed by atoms with Crippen LogP contribution < -0.4 is 15.0 Å². The summed E-state index contributed by atoms with van der Waals surface area (Å²) in [6.07, 6.45) is -0.259. The number of halogens is 2. The second-order valence-corrected chi connectivity index (χ2v) is 10.5. The summed E-state index contributed by atoms with van der Waals surface area (Å²) in [4.78, 5) is 39.0. The molecular formula is C34H30F2N2O6. The van der Waals surface area contributed by atoms with Gasteiger partial charge in [-0.15, -0.1) is 0 Å². The fraction of sp³-hybridized carbons (Fsp3) is 0.206. The van der Waals surface area contributed by atoms with Crippen LogP contribution in [0.25, 0.3) is 0 Å². The number of hydrogen-bond acceptors (Lipinski definition) is 5. The molecule has 1 heterocycles. The standard InChI is InChI=1S/C34H30F2N2O6/c35-24-10-6-21(7-11-24)29(39)19-18-28-32(38(33(28)41)26-14-12-25(36)13-15-26)23-8-16-27(17-9-23)44-20-30(40)37-31(34(42)43)22-4-2-1-3-5-22/h1-17,28-29,31-32,39H,18-20H2,(H,37,40)(H,42,43)/t28?,29?,31-,32?/m1/s1. The Morgan fingerprint density at radius 2 is 1.45 bits per heavy atom. The average molecular weight is 601 g/mol. The fourth-order valence-electron chi connectivity index (χ4n) is 5.34. The zero-order valence-electron chi connectivity index (χ0n) is 23.5. The topological polar surface area (TPSA) is 116 Å². The molecule has 0 radical (unpaired) electrons. The monoisotopic (exact) mass is 600 g/mol. The third-order valence-corrected chi connectivity index (χ3v) is 7.60. The lowest BCUT2D eigenvalue weighted by Gasteiger charge is -2.48. The number of carboxylic acid groups (broad SMARTS) is 1. The molecule has 3 unspecified atom stereocenters. The van der Waals surface area contributed by atoms with E-state index in [2.05, 4.69) is 5.32 Å². The van der Waals surface area contributed by atoms with E-state index in [1.165, 1.54) is 48.5 Å². The molecule has 0 bridgehead atoms. The van der Waals surface area contributed by atoms with Crippen LogP contribution in [0.1, 0.15) is 47.7 Å². The van der Waals surface area contributed by atoms with Gasteiger partial charge in [-0.2, -0.15) is 0 Å². The smallest absolute Gasteiger partial charge is 0.330 e. The summed E-state index contributed by atoms with van der Waals surface area (Å²) in [5.74, 6) is -2.93. The summed E-state index contributed by atoms with van der Waals surface area (Å²) < 4.78 is 32.5. The van der Waals surface area contributed by atoms with E-state index >= 15 is 0 Å². The Labute approximate surface area is 252 Å². The van der Waals surface area contributed by atoms with Crippen molar-refractivity contribution in [1.29, 1.82) is 0 Å². The Kier molecular flexibility index (Phi) is 9.30. The first-order valence-electron chi connectivity index (χ1n) is 14.0. The van der Waals surface area contributed by atoms with Crippen LogP contribution in [0.5, 0.6) is 5.75 Å². The summed E-state index contributed by atoms with van der Waals surface area (Å²) in [5.41, 5.74) is 2.27. The van der Waals surface area contributed by atoms with E-state index in [-0.39, 0.29) is 12.3 Å². The highest BCUT2D eigenvalue weighted by atomic mass is 19.1. The Morgan fingerprint density at radius 1 is 0.841 bits per heavy atom. The van der Waals surface area contributed by atoms with Gasteiger partial charge >= 0.3 is 5.97 Å². The summed E-state index contributed by atoms with van der Waals surface area (Å²) in [6, 6.07) is 24.7. The molecule has 4 aromatic rings. The van der Waals surface area contributed by atoms with Crippen molar-refractivity contribution in [2.24, 2.45) is 5.92 Å². The Hall–Kier alpha value is -5.09. The van der Waals surface area contributed by atoms with E-state index in [1.54, 1.807) is 59.5 Å². The lowest BCUT2D eigenvalue weighted by Crippen LogP contribution is -2.55. The van der Waals surface area contributed by atoms with E-state index in [0.29, 0.717) is 29.0 Å². The van der Waals surface area contributed by atoms with Crippen LogP contribution in [0.4, 0.5) is 14.5 Å². The third-order valence-electron chi connectivity index (χ3n) is 7.60. The summed E-state index contributed by atoms with van der Waals surface area (Å²) in [5, 5.41) is 22.6. The van der Waals surface area contributed by atoms with Crippen molar-refractivity contribution in [2.75, 3.05) is 11.5 Å². The number of anilines is 1. The number of aliphatic hydroxyl groups is 1. The van der Waals surface area contributed by atoms with E-state index in [9.17, 15) is 33.4 Å². The first-order valence-corrected chi connectivity index (χ1v) is 14.0. The highest BCUT2D eigenvalue weighted by Gasteiger charge is 2.48. The lowest BCUT2D eigenvalue weighted by atomic mass is 9.78. The molecule has 44 heavy (non-hydrogen) atoms. The van der Waals surface area contributed by atoms with Gasteiger partial charge in [-0.3, -0.25) is 9.59 Å². The second kappa shape index (κ2) is 13.5. The number of β-lactam (4-membered cyclic amide) rings is 1. The number of benzene rings is 4. The minimum Gasteiger partial charge on any atom is -0.484 e. The van der Waals surface area contributed by atoms with Gasteiger partial charge in [0.2, 0.25) is 5.91 Å². The Balaban J connectivity index is 1.26. The molecule has 1 fully saturated rings. The molecule has 0 saturated carbocycles. The van der Waals surface area contributed by atoms with E-state index < -0.39 is 54.2 Å². The van der Waals surface area contributed by atoms with Crippen LogP contribution in [-0.4, -0.2) is 34.6 Å². The van der Waals surface area contributed by atoms with Gasteiger partial charge in [-0.1, -0.05) is 54.6 Å². The predicted octanol–water partition coefficient (Wildman–Crippen LogP) is 5.50. The van der Waals surface area contributed by atoms with Crippen molar-refractivity contribution in [3.8, 4) is 5.75 Å². The van der Waals surface area contributed by atoms with Crippen LogP contribution in [-0.2, 0) is 14.4 Å². The molecule has 0 spiro atoms. The van der Waals surface area contributed by atoms with Crippen LogP contribution in [0.2, 0.25) is 0 Å². The van der Waals surface area contributed by atoms with Gasteiger partial charge in [0, 0.05) is 5.69 Å². The molecule has 3 N–H and O–H groups in total. The molecule has 5 rings (SSSR count). The number of hydrogen-bond donors (Lipinski definition) is 3. The fourth-order valence-corrected chi connectivity index (χ4v) is 5.34. The van der Waals surface area contributed by atoms with Gasteiger partial charge in [0.1, 0.15) is 17.4 Å². The minimum atomic E-state index is -1.22. The molecule has 8 nitrogen and oxygen atoms in total. The van der Waals surface area contributed by atoms with Gasteiger partial charge in [0.15, 0.2) is 12.6 Å². The second-order valence-electron chi connectivity index (χ2n) is 10.5. The molecule has 226 valence electrons. The number of aliphatic hydroxyl groups excluding tert-OH is 1. The normalized spacial score (nSPS) is 17.3. The molecular weight excluding hydrogens is 570 g/mol. The number of carbonyl (C=O) groups excluding carboxylic acids is 2. The Morgan fingerprint density at radius 3 is 2.07 bits per heavy atom. The first-order chi connectivity index (χ1) is 21.2. The van der Waals surface area contributed by atoms with Crippen LogP contribution in [0.3, 0.4) is 0 Å². The van der Waals surface area contributed by atoms with Crippen molar-refractivity contribution in [1.82, 2.24) is 5.32 Å². The van der Waals surface area contributed by atoms with Crippen LogP contribution in [0.15, 0.2) is 103 Å². The maximum atomic E-state index is 13.6. The molecule has 2 amide bonds. The quantitative estimate of drug-likeness (QED) is 0.185. The van der Waals surface area contributed by atoms with Crippen LogP contribution >= 0.6 is 0 Å². The SMILES string of the molecule is O=C(COc1ccc(C2C(CCC(O)c3ccc(F)cc3)C(=O)N2c2ccc(F)cc2)cc1)N[C@@H](C(=O)O)c1ccccc1. The summed E-state index contributed by atoms with van der Waals surface area (Å²) >= 11 is 0. The van der Waals surface area contributed by atoms with Gasteiger partial charge in [0.05, 0.1) is 18.1 Å². The highest BCUT2D eigenvalue weighted by molar-refractivity contribution is 6.03. The van der Waals surface area contributed by atoms with E-state index in [1.807, 2.05) is 0 Å². The van der Waals surface area contributed by atoms with Crippen molar-refractivity contribution < 1.29 is 38.1 Å². The minimum absolute atomic E-state index is 0.170. The third kappa shape index (κ3) is 6.92. The molecule has 10 heteroatoms. The number of nitrogens with one attached hydrogen (secondary N) is 1. The molecule has 1 saturated heterocycles. The molecule has 1 aliphatic heterocycles. The van der Waals surface area contributed by atoms with Gasteiger partial charge in [-0.25, -0.2) is 13.6 Å². The van der Waals surface area contributed by atoms with Crippen molar-refractivity contribution in [2.45, 2.75) is 31.0 Å². The highest BCUT2D eigenvalue weighted by Crippen LogP contribution is 2.46. The summed E-state index contributed by atoms with van der Waals surface area (Å²) in [6.45, 7) is -0.413. The molecule has 0 aromatic heterocycles. The number of aliphatic carboxylic acids is 1. The number of amides is 2. The largest absolute Gasteiger partial charge is 0.484 e. The number of carboxylic acids is 1. The zero-order chi connectivity index (χ0) is 31.2. The van der Waals surface area contributed by atoms with Gasteiger partial charge < -0.3 is 25.2 Å². The zero-order valence-corrected chi connectivity index (χ0v) is 23.5. The lowest BCUT2D eigenvalue weighted by molar-refractivity contribution is -0.142. The molecule has 0 aliphatic carbocycles. The molecule has 1 aliphatic rings. The van der Waals surface area contributed by atoms with Gasteiger partial charge in [0.25, 0.3) is 5.91 Å². The summed E-state index contributed by atoms with van der Waals surface area (Å²) in [7, 11) is 0. The van der Waals surface area contributed by atoms with E-state index in [0.717, 1.165) is 5.56 Å². The maximum Gasteiger partial charge on any atom is 0.330 e. The molecule has 4 atom stereocenters.